The Balaban J connectivity index is 2.02. The number of hydrogen-bond acceptors (Lipinski definition) is 4. The van der Waals surface area contributed by atoms with Crippen LogP contribution in [0.2, 0.25) is 0 Å². The van der Waals surface area contributed by atoms with E-state index in [2.05, 4.69) is 0 Å². The van der Waals surface area contributed by atoms with Gasteiger partial charge < -0.3 is 9.47 Å². The smallest absolute Gasteiger partial charge is 0.308 e. The van der Waals surface area contributed by atoms with Crippen LogP contribution in [0.5, 0.6) is 0 Å². The van der Waals surface area contributed by atoms with E-state index in [4.69, 9.17) is 9.47 Å². The molecule has 0 aromatic heterocycles. The van der Waals surface area contributed by atoms with Crippen LogP contribution in [-0.2, 0) is 19.1 Å². The molecule has 1 saturated carbocycles. The molecule has 0 amide bonds. The molecule has 1 aliphatic carbocycles. The first-order chi connectivity index (χ1) is 7.77. The van der Waals surface area contributed by atoms with E-state index < -0.39 is 0 Å². The fourth-order valence-electron chi connectivity index (χ4n) is 2.39. The zero-order chi connectivity index (χ0) is 11.4. The number of carbonyl (C=O) groups excluding carboxylic acids is 2. The second-order valence-corrected chi connectivity index (χ2v) is 4.53. The van der Waals surface area contributed by atoms with Crippen molar-refractivity contribution in [2.75, 3.05) is 13.2 Å². The minimum Gasteiger partial charge on any atom is -0.459 e. The van der Waals surface area contributed by atoms with Gasteiger partial charge in [-0.2, -0.15) is 0 Å². The molecule has 0 N–H and O–H groups in total. The van der Waals surface area contributed by atoms with Gasteiger partial charge in [-0.05, 0) is 12.8 Å². The van der Waals surface area contributed by atoms with Crippen molar-refractivity contribution in [2.45, 2.75) is 44.6 Å². The second kappa shape index (κ2) is 5.43. The molecule has 90 valence electrons. The highest BCUT2D eigenvalue weighted by Crippen LogP contribution is 2.25. The highest BCUT2D eigenvalue weighted by Gasteiger charge is 2.33. The van der Waals surface area contributed by atoms with Gasteiger partial charge in [-0.25, -0.2) is 0 Å². The second-order valence-electron chi connectivity index (χ2n) is 4.53. The van der Waals surface area contributed by atoms with Crippen LogP contribution in [0.4, 0.5) is 0 Å². The Hall–Kier alpha value is -0.900. The molecule has 16 heavy (non-hydrogen) atoms. The Kier molecular flexibility index (Phi) is 3.93. The van der Waals surface area contributed by atoms with Gasteiger partial charge in [0, 0.05) is 6.42 Å². The summed E-state index contributed by atoms with van der Waals surface area (Å²) in [5, 5.41) is 0. The van der Waals surface area contributed by atoms with Crippen molar-refractivity contribution >= 4 is 11.8 Å². The summed E-state index contributed by atoms with van der Waals surface area (Å²) in [5.41, 5.74) is 0. The number of rotatable bonds is 1. The first-order valence-electron chi connectivity index (χ1n) is 6.07. The molecular weight excluding hydrogens is 208 g/mol. The average Bonchev–Trinajstić information content (AvgIpc) is 2.58. The van der Waals surface area contributed by atoms with E-state index in [9.17, 15) is 9.59 Å². The van der Waals surface area contributed by atoms with E-state index in [1.165, 1.54) is 0 Å². The molecule has 2 atom stereocenters. The van der Waals surface area contributed by atoms with E-state index in [0.29, 0.717) is 26.1 Å². The maximum absolute atomic E-state index is 11.9. The third-order valence-corrected chi connectivity index (χ3v) is 3.32. The lowest BCUT2D eigenvalue weighted by Crippen LogP contribution is -2.34. The van der Waals surface area contributed by atoms with Gasteiger partial charge in [0.15, 0.2) is 0 Å². The third-order valence-electron chi connectivity index (χ3n) is 3.32. The summed E-state index contributed by atoms with van der Waals surface area (Å²) in [6, 6.07) is 0. The molecule has 2 aliphatic rings. The minimum absolute atomic E-state index is 0.135. The highest BCUT2D eigenvalue weighted by atomic mass is 16.6. The van der Waals surface area contributed by atoms with Gasteiger partial charge in [0.2, 0.25) is 0 Å². The summed E-state index contributed by atoms with van der Waals surface area (Å²) in [7, 11) is 0. The van der Waals surface area contributed by atoms with E-state index >= 15 is 0 Å². The van der Waals surface area contributed by atoms with Crippen molar-refractivity contribution in [1.29, 1.82) is 0 Å². The molecule has 2 fully saturated rings. The van der Waals surface area contributed by atoms with Crippen LogP contribution in [0.15, 0.2) is 0 Å². The zero-order valence-electron chi connectivity index (χ0n) is 9.44. The molecule has 0 bridgehead atoms. The normalized spacial score (nSPS) is 32.8. The Morgan fingerprint density at radius 1 is 1.06 bits per heavy atom. The summed E-state index contributed by atoms with van der Waals surface area (Å²) >= 11 is 0. The molecular formula is C12H18O4. The fraction of sp³-hybridized carbons (Fsp3) is 0.833. The number of carbonyl (C=O) groups is 2. The molecule has 2 unspecified atom stereocenters. The molecule has 4 heteroatoms. The molecule has 2 rings (SSSR count). The lowest BCUT2D eigenvalue weighted by Gasteiger charge is -2.22. The SMILES string of the molecule is O=C1CCOCC(C2CCCCCC2=O)O1. The number of esters is 1. The number of ether oxygens (including phenoxy) is 2. The van der Waals surface area contributed by atoms with Gasteiger partial charge in [0.25, 0.3) is 0 Å². The van der Waals surface area contributed by atoms with Crippen LogP contribution in [0.25, 0.3) is 0 Å². The Morgan fingerprint density at radius 2 is 1.94 bits per heavy atom. The van der Waals surface area contributed by atoms with Crippen molar-refractivity contribution in [2.24, 2.45) is 5.92 Å². The standard InChI is InChI=1S/C12H18O4/c13-10-5-3-1-2-4-9(10)11-8-15-7-6-12(14)16-11/h9,11H,1-8H2. The average molecular weight is 226 g/mol. The summed E-state index contributed by atoms with van der Waals surface area (Å²) in [5.74, 6) is -0.134. The van der Waals surface area contributed by atoms with Gasteiger partial charge in [0.1, 0.15) is 11.9 Å². The zero-order valence-corrected chi connectivity index (χ0v) is 9.44. The molecule has 0 aromatic carbocycles. The third kappa shape index (κ3) is 2.82. The van der Waals surface area contributed by atoms with Crippen molar-refractivity contribution in [3.8, 4) is 0 Å². The molecule has 0 radical (unpaired) electrons. The van der Waals surface area contributed by atoms with Crippen LogP contribution in [0.3, 0.4) is 0 Å². The summed E-state index contributed by atoms with van der Waals surface area (Å²) < 4.78 is 10.6. The van der Waals surface area contributed by atoms with E-state index in [1.54, 1.807) is 0 Å². The van der Waals surface area contributed by atoms with Crippen LogP contribution < -0.4 is 0 Å². The highest BCUT2D eigenvalue weighted by molar-refractivity contribution is 5.82. The summed E-state index contributed by atoms with van der Waals surface area (Å²) in [6.07, 6.45) is 4.53. The summed E-state index contributed by atoms with van der Waals surface area (Å²) in [4.78, 5) is 23.2. The van der Waals surface area contributed by atoms with Gasteiger partial charge in [0.05, 0.1) is 25.6 Å². The maximum Gasteiger partial charge on any atom is 0.308 e. The predicted molar refractivity (Wildman–Crippen MR) is 56.9 cm³/mol. The molecule has 1 aliphatic heterocycles. The first kappa shape index (κ1) is 11.6. The van der Waals surface area contributed by atoms with Crippen LogP contribution in [0.1, 0.15) is 38.5 Å². The summed E-state index contributed by atoms with van der Waals surface area (Å²) in [6.45, 7) is 0.790. The quantitative estimate of drug-likeness (QED) is 0.502. The monoisotopic (exact) mass is 226 g/mol. The van der Waals surface area contributed by atoms with Crippen molar-refractivity contribution in [1.82, 2.24) is 0 Å². The Bertz CT molecular complexity index is 274. The lowest BCUT2D eigenvalue weighted by atomic mass is 9.93. The molecule has 0 aromatic rings. The Labute approximate surface area is 95.3 Å². The predicted octanol–water partition coefficient (Wildman–Crippen LogP) is 1.47. The van der Waals surface area contributed by atoms with Crippen molar-refractivity contribution in [3.63, 3.8) is 0 Å². The topological polar surface area (TPSA) is 52.6 Å². The molecule has 1 saturated heterocycles. The van der Waals surface area contributed by atoms with E-state index in [-0.39, 0.29) is 23.8 Å². The number of cyclic esters (lactones) is 1. The lowest BCUT2D eigenvalue weighted by molar-refractivity contribution is -0.152. The number of ketones is 1. The molecule has 0 spiro atoms. The number of hydrogen-bond donors (Lipinski definition) is 0. The minimum atomic E-state index is -0.347. The van der Waals surface area contributed by atoms with Gasteiger partial charge >= 0.3 is 5.97 Å². The van der Waals surface area contributed by atoms with Crippen LogP contribution in [0, 0.1) is 5.92 Å². The largest absolute Gasteiger partial charge is 0.459 e. The van der Waals surface area contributed by atoms with Gasteiger partial charge in [-0.3, -0.25) is 9.59 Å². The molecule has 4 nitrogen and oxygen atoms in total. The van der Waals surface area contributed by atoms with E-state index in [0.717, 1.165) is 25.7 Å². The van der Waals surface area contributed by atoms with Crippen LogP contribution >= 0.6 is 0 Å². The maximum atomic E-state index is 11.9. The number of Topliss-reactive ketones (excluding diaryl/α,β-unsaturated/α-hetero) is 1. The van der Waals surface area contributed by atoms with E-state index in [1.807, 2.05) is 0 Å². The van der Waals surface area contributed by atoms with Crippen molar-refractivity contribution < 1.29 is 19.1 Å². The Morgan fingerprint density at radius 3 is 2.81 bits per heavy atom. The van der Waals surface area contributed by atoms with Crippen molar-refractivity contribution in [3.05, 3.63) is 0 Å². The fourth-order valence-corrected chi connectivity index (χ4v) is 2.39. The van der Waals surface area contributed by atoms with Gasteiger partial charge in [-0.15, -0.1) is 0 Å². The van der Waals surface area contributed by atoms with Crippen LogP contribution in [-0.4, -0.2) is 31.1 Å². The van der Waals surface area contributed by atoms with Gasteiger partial charge in [-0.1, -0.05) is 12.8 Å². The molecule has 1 heterocycles. The first-order valence-corrected chi connectivity index (χ1v) is 6.07.